The highest BCUT2D eigenvalue weighted by Crippen LogP contribution is 2.34. The molecule has 1 atom stereocenters. The van der Waals surface area contributed by atoms with Crippen LogP contribution in [0.4, 0.5) is 11.4 Å². The molecule has 1 aromatic heterocycles. The lowest BCUT2D eigenvalue weighted by atomic mass is 10.1. The van der Waals surface area contributed by atoms with E-state index in [1.165, 1.54) is 0 Å². The van der Waals surface area contributed by atoms with Crippen LogP contribution in [0.1, 0.15) is 50.4 Å². The minimum Gasteiger partial charge on any atom is -0.373 e. The van der Waals surface area contributed by atoms with Crippen molar-refractivity contribution in [3.63, 3.8) is 0 Å². The van der Waals surface area contributed by atoms with Crippen molar-refractivity contribution in [2.45, 2.75) is 45.6 Å². The van der Waals surface area contributed by atoms with Crippen LogP contribution in [0.5, 0.6) is 0 Å². The predicted molar refractivity (Wildman–Crippen MR) is 97.6 cm³/mol. The van der Waals surface area contributed by atoms with Gasteiger partial charge in [-0.3, -0.25) is 10.1 Å². The number of rotatable bonds is 8. The topological polar surface area (TPSA) is 68.1 Å². The molecule has 1 aromatic carbocycles. The summed E-state index contributed by atoms with van der Waals surface area (Å²) in [5.74, 6) is 0. The number of pyridine rings is 1. The lowest BCUT2D eigenvalue weighted by Gasteiger charge is -2.16. The molecule has 0 aliphatic rings. The van der Waals surface area contributed by atoms with E-state index < -0.39 is 4.92 Å². The smallest absolute Gasteiger partial charge is 0.329 e. The van der Waals surface area contributed by atoms with E-state index >= 15 is 0 Å². The minimum atomic E-state index is -0.481. The average molecular weight is 348 g/mol. The number of aromatic nitrogens is 1. The van der Waals surface area contributed by atoms with Crippen molar-refractivity contribution in [3.8, 4) is 0 Å². The predicted octanol–water partition coefficient (Wildman–Crippen LogP) is 5.55. The number of anilines is 1. The van der Waals surface area contributed by atoms with Gasteiger partial charge >= 0.3 is 5.69 Å². The summed E-state index contributed by atoms with van der Waals surface area (Å²) in [5, 5.41) is 14.5. The Bertz CT molecular complexity index is 692. The Morgan fingerprint density at radius 2 is 2.00 bits per heavy atom. The molecule has 128 valence electrons. The summed E-state index contributed by atoms with van der Waals surface area (Å²) in [6, 6.07) is 11.5. The number of nitrogens with zero attached hydrogens (tertiary/aromatic N) is 2. The average Bonchev–Trinajstić information content (AvgIpc) is 2.55. The van der Waals surface area contributed by atoms with E-state index in [2.05, 4.69) is 17.2 Å². The third kappa shape index (κ3) is 4.68. The number of aryl methyl sites for hydroxylation is 1. The second-order valence-electron chi connectivity index (χ2n) is 5.79. The lowest BCUT2D eigenvalue weighted by Crippen LogP contribution is -2.10. The highest BCUT2D eigenvalue weighted by atomic mass is 35.5. The van der Waals surface area contributed by atoms with Gasteiger partial charge in [-0.25, -0.2) is 4.98 Å². The van der Waals surface area contributed by atoms with Gasteiger partial charge in [-0.1, -0.05) is 61.7 Å². The normalized spacial score (nSPS) is 12.0. The standard InChI is InChI=1S/C18H22ClN3O2/c1-3-4-6-11-15-12-16(17(22(23)24)18(19)21-15)20-13(2)14-9-7-5-8-10-14/h5,7-10,12-13H,3-4,6,11H2,1-2H3,(H,20,21)/t13-/m0/s1. The number of benzene rings is 1. The molecule has 0 aliphatic carbocycles. The van der Waals surface area contributed by atoms with Crippen LogP contribution >= 0.6 is 11.6 Å². The molecule has 1 N–H and O–H groups in total. The zero-order chi connectivity index (χ0) is 17.5. The first-order valence-corrected chi connectivity index (χ1v) is 8.56. The van der Waals surface area contributed by atoms with Gasteiger partial charge in [0.15, 0.2) is 0 Å². The Morgan fingerprint density at radius 1 is 1.29 bits per heavy atom. The van der Waals surface area contributed by atoms with E-state index in [0.29, 0.717) is 5.69 Å². The zero-order valence-electron chi connectivity index (χ0n) is 14.0. The lowest BCUT2D eigenvalue weighted by molar-refractivity contribution is -0.384. The van der Waals surface area contributed by atoms with Crippen LogP contribution in [0.2, 0.25) is 5.15 Å². The molecule has 0 saturated heterocycles. The molecule has 0 saturated carbocycles. The van der Waals surface area contributed by atoms with Gasteiger partial charge < -0.3 is 5.32 Å². The van der Waals surface area contributed by atoms with Crippen molar-refractivity contribution in [1.82, 2.24) is 4.98 Å². The van der Waals surface area contributed by atoms with E-state index in [-0.39, 0.29) is 16.9 Å². The molecule has 0 radical (unpaired) electrons. The molecule has 0 unspecified atom stereocenters. The Hall–Kier alpha value is -2.14. The maximum absolute atomic E-state index is 11.4. The Morgan fingerprint density at radius 3 is 2.62 bits per heavy atom. The Labute approximate surface area is 147 Å². The number of unbranched alkanes of at least 4 members (excludes halogenated alkanes) is 2. The second kappa shape index (κ2) is 8.64. The summed E-state index contributed by atoms with van der Waals surface area (Å²) < 4.78 is 0. The number of hydrogen-bond donors (Lipinski definition) is 1. The molecule has 6 heteroatoms. The quantitative estimate of drug-likeness (QED) is 0.294. The molecule has 2 aromatic rings. The van der Waals surface area contributed by atoms with E-state index in [0.717, 1.165) is 36.9 Å². The first kappa shape index (κ1) is 18.2. The van der Waals surface area contributed by atoms with Gasteiger partial charge in [-0.05, 0) is 31.4 Å². The van der Waals surface area contributed by atoms with Crippen molar-refractivity contribution < 1.29 is 4.92 Å². The molecule has 0 spiro atoms. The molecule has 0 amide bonds. The van der Waals surface area contributed by atoms with E-state index in [4.69, 9.17) is 11.6 Å². The highest BCUT2D eigenvalue weighted by Gasteiger charge is 2.23. The van der Waals surface area contributed by atoms with Gasteiger partial charge in [-0.15, -0.1) is 0 Å². The van der Waals surface area contributed by atoms with Gasteiger partial charge in [-0.2, -0.15) is 0 Å². The first-order valence-electron chi connectivity index (χ1n) is 8.18. The first-order chi connectivity index (χ1) is 11.5. The molecule has 2 rings (SSSR count). The van der Waals surface area contributed by atoms with Crippen molar-refractivity contribution in [3.05, 3.63) is 62.9 Å². The Balaban J connectivity index is 2.29. The van der Waals surface area contributed by atoms with Crippen molar-refractivity contribution in [1.29, 1.82) is 0 Å². The van der Waals surface area contributed by atoms with Gasteiger partial charge in [0.25, 0.3) is 0 Å². The van der Waals surface area contributed by atoms with Gasteiger partial charge in [0.05, 0.1) is 4.92 Å². The van der Waals surface area contributed by atoms with Crippen molar-refractivity contribution in [2.75, 3.05) is 5.32 Å². The number of nitrogens with one attached hydrogen (secondary N) is 1. The fourth-order valence-electron chi connectivity index (χ4n) is 2.58. The van der Waals surface area contributed by atoms with Crippen molar-refractivity contribution >= 4 is 23.0 Å². The fraction of sp³-hybridized carbons (Fsp3) is 0.389. The van der Waals surface area contributed by atoms with Gasteiger partial charge in [0.2, 0.25) is 5.15 Å². The maximum atomic E-state index is 11.4. The second-order valence-corrected chi connectivity index (χ2v) is 6.15. The van der Waals surface area contributed by atoms with Crippen LogP contribution in [0.15, 0.2) is 36.4 Å². The van der Waals surface area contributed by atoms with Gasteiger partial charge in [0, 0.05) is 11.7 Å². The highest BCUT2D eigenvalue weighted by molar-refractivity contribution is 6.32. The summed E-state index contributed by atoms with van der Waals surface area (Å²) >= 11 is 6.08. The van der Waals surface area contributed by atoms with Crippen molar-refractivity contribution in [2.24, 2.45) is 0 Å². The molecule has 0 aliphatic heterocycles. The largest absolute Gasteiger partial charge is 0.373 e. The van der Waals surface area contributed by atoms with Crippen LogP contribution in [0.25, 0.3) is 0 Å². The molecule has 0 bridgehead atoms. The van der Waals surface area contributed by atoms with Crippen LogP contribution in [0.3, 0.4) is 0 Å². The molecular weight excluding hydrogens is 326 g/mol. The van der Waals surface area contributed by atoms with E-state index in [9.17, 15) is 10.1 Å². The fourth-order valence-corrected chi connectivity index (χ4v) is 2.86. The van der Waals surface area contributed by atoms with Crippen LogP contribution in [0, 0.1) is 10.1 Å². The monoisotopic (exact) mass is 347 g/mol. The van der Waals surface area contributed by atoms with Gasteiger partial charge in [0.1, 0.15) is 5.69 Å². The Kier molecular flexibility index (Phi) is 6.55. The number of nitro groups is 1. The summed E-state index contributed by atoms with van der Waals surface area (Å²) in [4.78, 5) is 15.1. The third-order valence-electron chi connectivity index (χ3n) is 3.89. The molecule has 24 heavy (non-hydrogen) atoms. The van der Waals surface area contributed by atoms with Crippen LogP contribution in [-0.2, 0) is 6.42 Å². The molecule has 0 fully saturated rings. The molecule has 1 heterocycles. The third-order valence-corrected chi connectivity index (χ3v) is 4.16. The van der Waals surface area contributed by atoms with Crippen LogP contribution < -0.4 is 5.32 Å². The summed E-state index contributed by atoms with van der Waals surface area (Å²) in [6.45, 7) is 4.09. The van der Waals surface area contributed by atoms with E-state index in [1.807, 2.05) is 37.3 Å². The number of hydrogen-bond acceptors (Lipinski definition) is 4. The summed E-state index contributed by atoms with van der Waals surface area (Å²) in [5.41, 5.74) is 2.08. The molecule has 5 nitrogen and oxygen atoms in total. The zero-order valence-corrected chi connectivity index (χ0v) is 14.7. The number of halogens is 1. The summed E-state index contributed by atoms with van der Waals surface area (Å²) in [6.07, 6.45) is 3.96. The van der Waals surface area contributed by atoms with Crippen LogP contribution in [-0.4, -0.2) is 9.91 Å². The maximum Gasteiger partial charge on any atom is 0.329 e. The minimum absolute atomic E-state index is 0.0586. The SMILES string of the molecule is CCCCCc1cc(N[C@@H](C)c2ccccc2)c([N+](=O)[O-])c(Cl)n1. The van der Waals surface area contributed by atoms with E-state index in [1.54, 1.807) is 6.07 Å². The summed E-state index contributed by atoms with van der Waals surface area (Å²) in [7, 11) is 0. The molecular formula is C18H22ClN3O2.